The van der Waals surface area contributed by atoms with Crippen LogP contribution in [0.15, 0.2) is 60.7 Å². The molecule has 4 heteroatoms. The maximum atomic E-state index is 10.6. The van der Waals surface area contributed by atoms with E-state index in [1.165, 1.54) is 12.1 Å². The minimum atomic E-state index is -0.433. The molecule has 0 saturated heterocycles. The van der Waals surface area contributed by atoms with Gasteiger partial charge in [0.1, 0.15) is 11.5 Å². The molecule has 2 rings (SSSR count). The van der Waals surface area contributed by atoms with E-state index in [9.17, 15) is 10.1 Å². The number of benzene rings is 2. The number of nitrogens with zero attached hydrogens (tertiary/aromatic N) is 1. The maximum Gasteiger partial charge on any atom is 0.269 e. The zero-order valence-electron chi connectivity index (χ0n) is 10.4. The van der Waals surface area contributed by atoms with E-state index in [-0.39, 0.29) is 5.69 Å². The molecular weight excluding hydrogens is 242 g/mol. The van der Waals surface area contributed by atoms with Gasteiger partial charge in [0.05, 0.1) is 4.92 Å². The van der Waals surface area contributed by atoms with Gasteiger partial charge in [0.15, 0.2) is 0 Å². The van der Waals surface area contributed by atoms with Crippen LogP contribution in [0.1, 0.15) is 12.5 Å². The van der Waals surface area contributed by atoms with Gasteiger partial charge in [-0.3, -0.25) is 10.1 Å². The van der Waals surface area contributed by atoms with E-state index in [2.05, 4.69) is 0 Å². The van der Waals surface area contributed by atoms with Gasteiger partial charge in [-0.2, -0.15) is 0 Å². The van der Waals surface area contributed by atoms with Crippen LogP contribution >= 0.6 is 0 Å². The lowest BCUT2D eigenvalue weighted by Crippen LogP contribution is -1.95. The predicted molar refractivity (Wildman–Crippen MR) is 73.8 cm³/mol. The Kier molecular flexibility index (Phi) is 3.93. The number of hydrogen-bond acceptors (Lipinski definition) is 3. The summed E-state index contributed by atoms with van der Waals surface area (Å²) >= 11 is 0. The highest BCUT2D eigenvalue weighted by atomic mass is 16.6. The number of hydrogen-bond donors (Lipinski definition) is 0. The van der Waals surface area contributed by atoms with E-state index in [1.807, 2.05) is 43.3 Å². The number of non-ortho nitro benzene ring substituents is 1. The van der Waals surface area contributed by atoms with Crippen molar-refractivity contribution in [3.8, 4) is 5.75 Å². The summed E-state index contributed by atoms with van der Waals surface area (Å²) in [5, 5.41) is 10.6. The van der Waals surface area contributed by atoms with Gasteiger partial charge in [0.2, 0.25) is 0 Å². The van der Waals surface area contributed by atoms with Crippen LogP contribution in [0.5, 0.6) is 5.75 Å². The lowest BCUT2D eigenvalue weighted by molar-refractivity contribution is -0.384. The molecule has 0 aliphatic rings. The van der Waals surface area contributed by atoms with Gasteiger partial charge in [0, 0.05) is 17.7 Å². The number of allylic oxidation sites excluding steroid dienone is 1. The molecule has 0 fully saturated rings. The van der Waals surface area contributed by atoms with Gasteiger partial charge < -0.3 is 4.74 Å². The van der Waals surface area contributed by atoms with E-state index in [1.54, 1.807) is 12.1 Å². The first-order chi connectivity index (χ1) is 9.20. The molecular formula is C15H13NO3. The molecule has 4 nitrogen and oxygen atoms in total. The van der Waals surface area contributed by atoms with Crippen LogP contribution in [0.2, 0.25) is 0 Å². The summed E-state index contributed by atoms with van der Waals surface area (Å²) in [4.78, 5) is 10.1. The second kappa shape index (κ2) is 5.82. The maximum absolute atomic E-state index is 10.6. The molecule has 0 spiro atoms. The quantitative estimate of drug-likeness (QED) is 0.470. The van der Waals surface area contributed by atoms with Gasteiger partial charge in [0.25, 0.3) is 5.69 Å². The first kappa shape index (κ1) is 12.8. The zero-order valence-corrected chi connectivity index (χ0v) is 10.4. The highest BCUT2D eigenvalue weighted by Crippen LogP contribution is 2.23. The van der Waals surface area contributed by atoms with Gasteiger partial charge in [-0.05, 0) is 25.1 Å². The van der Waals surface area contributed by atoms with Gasteiger partial charge in [-0.25, -0.2) is 0 Å². The molecule has 0 N–H and O–H groups in total. The van der Waals surface area contributed by atoms with E-state index < -0.39 is 4.92 Å². The van der Waals surface area contributed by atoms with Crippen LogP contribution in [0.25, 0.3) is 5.76 Å². The zero-order chi connectivity index (χ0) is 13.7. The Morgan fingerprint density at radius 3 is 2.26 bits per heavy atom. The number of rotatable bonds is 4. The second-order valence-corrected chi connectivity index (χ2v) is 3.87. The molecule has 0 atom stereocenters. The average molecular weight is 255 g/mol. The lowest BCUT2D eigenvalue weighted by Gasteiger charge is -2.09. The Morgan fingerprint density at radius 2 is 1.74 bits per heavy atom. The van der Waals surface area contributed by atoms with Crippen LogP contribution in [0.4, 0.5) is 5.69 Å². The van der Waals surface area contributed by atoms with E-state index in [0.717, 1.165) is 11.3 Å². The van der Waals surface area contributed by atoms with Crippen molar-refractivity contribution < 1.29 is 9.66 Å². The van der Waals surface area contributed by atoms with Crippen LogP contribution in [-0.4, -0.2) is 4.92 Å². The SMILES string of the molecule is C/C=C(\Oc1ccc([N+](=O)[O-])cc1)c1ccccc1. The van der Waals surface area contributed by atoms with Crippen molar-refractivity contribution in [2.24, 2.45) is 0 Å². The average Bonchev–Trinajstić information content (AvgIpc) is 2.46. The Hall–Kier alpha value is -2.62. The first-order valence-corrected chi connectivity index (χ1v) is 5.85. The minimum Gasteiger partial charge on any atom is -0.457 e. The number of ether oxygens (including phenoxy) is 1. The summed E-state index contributed by atoms with van der Waals surface area (Å²) in [6.45, 7) is 1.88. The van der Waals surface area contributed by atoms with Crippen molar-refractivity contribution in [2.45, 2.75) is 6.92 Å². The molecule has 0 amide bonds. The van der Waals surface area contributed by atoms with E-state index in [0.29, 0.717) is 5.75 Å². The van der Waals surface area contributed by atoms with Crippen molar-refractivity contribution in [2.75, 3.05) is 0 Å². The fraction of sp³-hybridized carbons (Fsp3) is 0.0667. The summed E-state index contributed by atoms with van der Waals surface area (Å²) in [6.07, 6.45) is 1.86. The van der Waals surface area contributed by atoms with Crippen molar-refractivity contribution >= 4 is 11.4 Å². The fourth-order valence-electron chi connectivity index (χ4n) is 1.65. The van der Waals surface area contributed by atoms with Crippen molar-refractivity contribution in [3.63, 3.8) is 0 Å². The third-order valence-electron chi connectivity index (χ3n) is 2.60. The fourth-order valence-corrected chi connectivity index (χ4v) is 1.65. The van der Waals surface area contributed by atoms with Crippen LogP contribution in [0, 0.1) is 10.1 Å². The van der Waals surface area contributed by atoms with Crippen molar-refractivity contribution in [1.82, 2.24) is 0 Å². The van der Waals surface area contributed by atoms with E-state index >= 15 is 0 Å². The molecule has 0 aliphatic heterocycles. The van der Waals surface area contributed by atoms with Gasteiger partial charge in [-0.1, -0.05) is 30.3 Å². The second-order valence-electron chi connectivity index (χ2n) is 3.87. The highest BCUT2D eigenvalue weighted by Gasteiger charge is 2.06. The summed E-state index contributed by atoms with van der Waals surface area (Å²) in [5.41, 5.74) is 1.01. The largest absolute Gasteiger partial charge is 0.457 e. The van der Waals surface area contributed by atoms with Gasteiger partial charge in [-0.15, -0.1) is 0 Å². The monoisotopic (exact) mass is 255 g/mol. The molecule has 0 aromatic heterocycles. The first-order valence-electron chi connectivity index (χ1n) is 5.85. The van der Waals surface area contributed by atoms with Gasteiger partial charge >= 0.3 is 0 Å². The third kappa shape index (κ3) is 3.19. The molecule has 0 saturated carbocycles. The summed E-state index contributed by atoms with van der Waals surface area (Å²) in [6, 6.07) is 15.7. The molecule has 2 aromatic carbocycles. The molecule has 2 aromatic rings. The topological polar surface area (TPSA) is 52.4 Å². The van der Waals surface area contributed by atoms with Crippen LogP contribution in [-0.2, 0) is 0 Å². The Labute approximate surface area is 111 Å². The normalized spacial score (nSPS) is 11.1. The standard InChI is InChI=1S/C15H13NO3/c1-2-15(12-6-4-3-5-7-12)19-14-10-8-13(9-11-14)16(17)18/h2-11H,1H3/b15-2-. The smallest absolute Gasteiger partial charge is 0.269 e. The molecule has 0 heterocycles. The Bertz CT molecular complexity index is 589. The molecule has 0 radical (unpaired) electrons. The summed E-state index contributed by atoms with van der Waals surface area (Å²) in [7, 11) is 0. The number of nitro benzene ring substituents is 1. The molecule has 19 heavy (non-hydrogen) atoms. The van der Waals surface area contributed by atoms with Crippen molar-refractivity contribution in [1.29, 1.82) is 0 Å². The highest BCUT2D eigenvalue weighted by molar-refractivity contribution is 5.61. The molecule has 0 unspecified atom stereocenters. The summed E-state index contributed by atoms with van der Waals surface area (Å²) < 4.78 is 5.72. The predicted octanol–water partition coefficient (Wildman–Crippen LogP) is 4.03. The van der Waals surface area contributed by atoms with Crippen molar-refractivity contribution in [3.05, 3.63) is 76.4 Å². The Balaban J connectivity index is 2.18. The van der Waals surface area contributed by atoms with Crippen LogP contribution < -0.4 is 4.74 Å². The number of nitro groups is 1. The minimum absolute atomic E-state index is 0.0501. The summed E-state index contributed by atoms with van der Waals surface area (Å²) in [5.74, 6) is 1.29. The Morgan fingerprint density at radius 1 is 1.11 bits per heavy atom. The van der Waals surface area contributed by atoms with Crippen LogP contribution in [0.3, 0.4) is 0 Å². The van der Waals surface area contributed by atoms with E-state index in [4.69, 9.17) is 4.74 Å². The molecule has 0 aliphatic carbocycles. The lowest BCUT2D eigenvalue weighted by atomic mass is 10.2. The molecule has 0 bridgehead atoms. The molecule has 96 valence electrons. The third-order valence-corrected chi connectivity index (χ3v) is 2.60.